The van der Waals surface area contributed by atoms with Crippen molar-refractivity contribution in [3.05, 3.63) is 70.0 Å². The summed E-state index contributed by atoms with van der Waals surface area (Å²) in [6, 6.07) is 11.6. The van der Waals surface area contributed by atoms with Crippen molar-refractivity contribution < 1.29 is 14.6 Å². The fourth-order valence-corrected chi connectivity index (χ4v) is 2.60. The smallest absolute Gasteiger partial charge is 0.123 e. The monoisotopic (exact) mass is 308 g/mol. The summed E-state index contributed by atoms with van der Waals surface area (Å²) in [5, 5.41) is 20.3. The molecule has 0 aliphatic heterocycles. The summed E-state index contributed by atoms with van der Waals surface area (Å²) >= 11 is 5.88. The van der Waals surface area contributed by atoms with Gasteiger partial charge in [0.05, 0.1) is 13.2 Å². The van der Waals surface area contributed by atoms with Crippen LogP contribution in [0.25, 0.3) is 0 Å². The Kier molecular flexibility index (Phi) is 4.99. The molecule has 0 unspecified atom stereocenters. The van der Waals surface area contributed by atoms with Gasteiger partial charge in [0, 0.05) is 10.4 Å². The number of aliphatic hydroxyl groups is 2. The zero-order valence-electron chi connectivity index (χ0n) is 11.8. The number of halogens is 2. The number of aliphatic hydroxyl groups excluding tert-OH is 2. The van der Waals surface area contributed by atoms with Gasteiger partial charge in [-0.2, -0.15) is 0 Å². The third-order valence-electron chi connectivity index (χ3n) is 3.90. The van der Waals surface area contributed by atoms with Gasteiger partial charge in [-0.15, -0.1) is 0 Å². The average Bonchev–Trinajstić information content (AvgIpc) is 2.48. The van der Waals surface area contributed by atoms with E-state index in [-0.39, 0.29) is 19.0 Å². The van der Waals surface area contributed by atoms with Crippen molar-refractivity contribution in [2.45, 2.75) is 18.8 Å². The van der Waals surface area contributed by atoms with Gasteiger partial charge in [-0.1, -0.05) is 29.8 Å². The number of aryl methyl sites for hydroxylation is 1. The molecule has 0 radical (unpaired) electrons. The van der Waals surface area contributed by atoms with Crippen LogP contribution >= 0.6 is 11.6 Å². The molecule has 2 nitrogen and oxygen atoms in total. The Balaban J connectivity index is 2.40. The molecule has 21 heavy (non-hydrogen) atoms. The highest BCUT2D eigenvalue weighted by Crippen LogP contribution is 2.30. The second kappa shape index (κ2) is 6.56. The molecule has 2 aromatic carbocycles. The SMILES string of the molecule is Cc1cc(F)ccc1CC(CO)(CO)c1ccc(Cl)cc1. The Hall–Kier alpha value is -1.42. The maximum absolute atomic E-state index is 13.2. The van der Waals surface area contributed by atoms with E-state index in [1.807, 2.05) is 6.92 Å². The van der Waals surface area contributed by atoms with Crippen LogP contribution in [0.1, 0.15) is 16.7 Å². The lowest BCUT2D eigenvalue weighted by Crippen LogP contribution is -2.37. The highest BCUT2D eigenvalue weighted by molar-refractivity contribution is 6.30. The van der Waals surface area contributed by atoms with Crippen molar-refractivity contribution >= 4 is 11.6 Å². The van der Waals surface area contributed by atoms with Crippen molar-refractivity contribution in [2.24, 2.45) is 0 Å². The number of hydrogen-bond acceptors (Lipinski definition) is 2. The zero-order chi connectivity index (χ0) is 15.5. The largest absolute Gasteiger partial charge is 0.395 e. The molecule has 4 heteroatoms. The van der Waals surface area contributed by atoms with E-state index in [0.717, 1.165) is 16.7 Å². The normalized spacial score (nSPS) is 11.7. The van der Waals surface area contributed by atoms with Crippen molar-refractivity contribution in [1.29, 1.82) is 0 Å². The first-order chi connectivity index (χ1) is 10.0. The van der Waals surface area contributed by atoms with Crippen LogP contribution in [-0.4, -0.2) is 23.4 Å². The summed E-state index contributed by atoms with van der Waals surface area (Å²) in [4.78, 5) is 0. The van der Waals surface area contributed by atoms with Crippen molar-refractivity contribution in [1.82, 2.24) is 0 Å². The molecule has 0 fully saturated rings. The molecule has 0 aromatic heterocycles. The summed E-state index contributed by atoms with van der Waals surface area (Å²) in [6.07, 6.45) is 0.424. The predicted molar refractivity (Wildman–Crippen MR) is 82.1 cm³/mol. The standard InChI is InChI=1S/C17H18ClFO2/c1-12-8-16(19)7-2-13(12)9-17(10-20,11-21)14-3-5-15(18)6-4-14/h2-8,20-21H,9-11H2,1H3. The van der Waals surface area contributed by atoms with Gasteiger partial charge in [0.1, 0.15) is 5.82 Å². The molecule has 112 valence electrons. The van der Waals surface area contributed by atoms with E-state index >= 15 is 0 Å². The van der Waals surface area contributed by atoms with E-state index < -0.39 is 5.41 Å². The quantitative estimate of drug-likeness (QED) is 0.890. The molecule has 0 atom stereocenters. The number of rotatable bonds is 5. The van der Waals surface area contributed by atoms with Gasteiger partial charge in [-0.25, -0.2) is 4.39 Å². The highest BCUT2D eigenvalue weighted by atomic mass is 35.5. The molecule has 0 heterocycles. The van der Waals surface area contributed by atoms with Gasteiger partial charge < -0.3 is 10.2 Å². The minimum atomic E-state index is -0.812. The zero-order valence-corrected chi connectivity index (χ0v) is 12.6. The first-order valence-corrected chi connectivity index (χ1v) is 7.11. The fourth-order valence-electron chi connectivity index (χ4n) is 2.47. The molecule has 2 rings (SSSR count). The molecular formula is C17H18ClFO2. The number of benzene rings is 2. The van der Waals surface area contributed by atoms with Crippen LogP contribution in [0.2, 0.25) is 5.02 Å². The lowest BCUT2D eigenvalue weighted by Gasteiger charge is -2.31. The Bertz CT molecular complexity index is 607. The van der Waals surface area contributed by atoms with Crippen LogP contribution in [0.3, 0.4) is 0 Å². The Labute approximate surface area is 128 Å². The van der Waals surface area contributed by atoms with Gasteiger partial charge in [-0.05, 0) is 54.3 Å². The molecule has 0 spiro atoms. The van der Waals surface area contributed by atoms with Crippen LogP contribution in [0.15, 0.2) is 42.5 Å². The first kappa shape index (κ1) is 16.0. The molecular weight excluding hydrogens is 291 g/mol. The van der Waals surface area contributed by atoms with E-state index in [1.165, 1.54) is 12.1 Å². The Morgan fingerprint density at radius 2 is 1.67 bits per heavy atom. The van der Waals surface area contributed by atoms with Crippen molar-refractivity contribution in [3.63, 3.8) is 0 Å². The van der Waals surface area contributed by atoms with Gasteiger partial charge in [0.2, 0.25) is 0 Å². The van der Waals surface area contributed by atoms with Gasteiger partial charge >= 0.3 is 0 Å². The molecule has 0 aliphatic carbocycles. The van der Waals surface area contributed by atoms with Crippen LogP contribution in [-0.2, 0) is 11.8 Å². The fraction of sp³-hybridized carbons (Fsp3) is 0.294. The molecule has 0 amide bonds. The van der Waals surface area contributed by atoms with Gasteiger partial charge in [0.15, 0.2) is 0 Å². The summed E-state index contributed by atoms with van der Waals surface area (Å²) in [5.41, 5.74) is 1.69. The minimum absolute atomic E-state index is 0.206. The molecule has 0 saturated heterocycles. The molecule has 0 aliphatic rings. The van der Waals surface area contributed by atoms with Crippen LogP contribution in [0.5, 0.6) is 0 Å². The summed E-state index contributed by atoms with van der Waals surface area (Å²) in [6.45, 7) is 1.41. The van der Waals surface area contributed by atoms with E-state index in [9.17, 15) is 14.6 Å². The highest BCUT2D eigenvalue weighted by Gasteiger charge is 2.31. The lowest BCUT2D eigenvalue weighted by molar-refractivity contribution is 0.116. The third kappa shape index (κ3) is 3.43. The lowest BCUT2D eigenvalue weighted by atomic mass is 9.76. The molecule has 2 N–H and O–H groups in total. The topological polar surface area (TPSA) is 40.5 Å². The van der Waals surface area contributed by atoms with E-state index in [2.05, 4.69) is 0 Å². The second-order valence-electron chi connectivity index (χ2n) is 5.35. The summed E-state index contributed by atoms with van der Waals surface area (Å²) in [5.74, 6) is -0.290. The van der Waals surface area contributed by atoms with E-state index in [1.54, 1.807) is 30.3 Å². The maximum Gasteiger partial charge on any atom is 0.123 e. The van der Waals surface area contributed by atoms with Gasteiger partial charge in [-0.3, -0.25) is 0 Å². The molecule has 0 bridgehead atoms. The van der Waals surface area contributed by atoms with E-state index in [0.29, 0.717) is 11.4 Å². The maximum atomic E-state index is 13.2. The van der Waals surface area contributed by atoms with Crippen LogP contribution < -0.4 is 0 Å². The summed E-state index contributed by atoms with van der Waals surface area (Å²) in [7, 11) is 0. The summed E-state index contributed by atoms with van der Waals surface area (Å²) < 4.78 is 13.2. The molecule has 2 aromatic rings. The van der Waals surface area contributed by atoms with E-state index in [4.69, 9.17) is 11.6 Å². The van der Waals surface area contributed by atoms with Gasteiger partial charge in [0.25, 0.3) is 0 Å². The van der Waals surface area contributed by atoms with Crippen molar-refractivity contribution in [2.75, 3.05) is 13.2 Å². The van der Waals surface area contributed by atoms with Crippen LogP contribution in [0, 0.1) is 12.7 Å². The number of hydrogen-bond donors (Lipinski definition) is 2. The second-order valence-corrected chi connectivity index (χ2v) is 5.79. The van der Waals surface area contributed by atoms with Crippen LogP contribution in [0.4, 0.5) is 4.39 Å². The first-order valence-electron chi connectivity index (χ1n) is 6.73. The Morgan fingerprint density at radius 3 is 2.19 bits per heavy atom. The predicted octanol–water partition coefficient (Wildman–Crippen LogP) is 3.25. The molecule has 0 saturated carbocycles. The van der Waals surface area contributed by atoms with Crippen molar-refractivity contribution in [3.8, 4) is 0 Å². The Morgan fingerprint density at radius 1 is 1.05 bits per heavy atom. The third-order valence-corrected chi connectivity index (χ3v) is 4.15. The minimum Gasteiger partial charge on any atom is -0.395 e. The average molecular weight is 309 g/mol.